The third-order valence-corrected chi connectivity index (χ3v) is 6.01. The van der Waals surface area contributed by atoms with E-state index in [1.165, 1.54) is 30.5 Å². The zero-order valence-electron chi connectivity index (χ0n) is 16.4. The van der Waals surface area contributed by atoms with Gasteiger partial charge in [0.15, 0.2) is 5.82 Å². The van der Waals surface area contributed by atoms with Crippen LogP contribution in [-0.2, 0) is 19.4 Å². The predicted molar refractivity (Wildman–Crippen MR) is 109 cm³/mol. The molecule has 1 aliphatic carbocycles. The summed E-state index contributed by atoms with van der Waals surface area (Å²) >= 11 is 0. The molecule has 3 aromatic heterocycles. The number of fused-ring (bicyclic) bond motifs is 1. The van der Waals surface area contributed by atoms with Gasteiger partial charge in [0.25, 0.3) is 5.56 Å². The van der Waals surface area contributed by atoms with Gasteiger partial charge in [-0.1, -0.05) is 6.42 Å². The van der Waals surface area contributed by atoms with Gasteiger partial charge in [-0.2, -0.15) is 5.10 Å². The van der Waals surface area contributed by atoms with Gasteiger partial charge < -0.3 is 4.90 Å². The van der Waals surface area contributed by atoms with Gasteiger partial charge in [0, 0.05) is 36.3 Å². The largest absolute Gasteiger partial charge is 0.351 e. The van der Waals surface area contributed by atoms with Gasteiger partial charge in [0.05, 0.1) is 12.6 Å². The summed E-state index contributed by atoms with van der Waals surface area (Å²) in [5, 5.41) is 4.58. The lowest BCUT2D eigenvalue weighted by molar-refractivity contribution is 0.483. The molecule has 8 nitrogen and oxygen atoms in total. The second-order valence-corrected chi connectivity index (χ2v) is 7.85. The molecule has 0 saturated carbocycles. The van der Waals surface area contributed by atoms with E-state index < -0.39 is 0 Å². The lowest BCUT2D eigenvalue weighted by Gasteiger charge is -2.28. The van der Waals surface area contributed by atoms with Gasteiger partial charge in [0.1, 0.15) is 18.5 Å². The molecule has 0 spiro atoms. The lowest BCUT2D eigenvalue weighted by Crippen LogP contribution is -2.38. The van der Waals surface area contributed by atoms with E-state index in [0.29, 0.717) is 12.4 Å². The summed E-state index contributed by atoms with van der Waals surface area (Å²) in [6.07, 6.45) is 14.8. The van der Waals surface area contributed by atoms with Crippen LogP contribution in [0.1, 0.15) is 43.4 Å². The quantitative estimate of drug-likeness (QED) is 0.634. The average Bonchev–Trinajstić information content (AvgIpc) is 3.37. The van der Waals surface area contributed by atoms with E-state index in [1.54, 1.807) is 35.7 Å². The number of hydrogen-bond acceptors (Lipinski definition) is 6. The Balaban J connectivity index is 1.44. The second kappa shape index (κ2) is 7.77. The van der Waals surface area contributed by atoms with Crippen LogP contribution in [0.15, 0.2) is 42.0 Å². The predicted octanol–water partition coefficient (Wildman–Crippen LogP) is 2.16. The Bertz CT molecular complexity index is 1040. The van der Waals surface area contributed by atoms with E-state index in [1.807, 2.05) is 10.8 Å². The number of imidazole rings is 1. The molecule has 29 heavy (non-hydrogen) atoms. The van der Waals surface area contributed by atoms with Crippen LogP contribution in [-0.4, -0.2) is 41.9 Å². The molecule has 2 aliphatic rings. The molecule has 1 saturated heterocycles. The third-order valence-electron chi connectivity index (χ3n) is 6.01. The van der Waals surface area contributed by atoms with Crippen LogP contribution < -0.4 is 10.5 Å². The van der Waals surface area contributed by atoms with Gasteiger partial charge in [0.2, 0.25) is 0 Å². The summed E-state index contributed by atoms with van der Waals surface area (Å²) in [5.74, 6) is 1.76. The maximum absolute atomic E-state index is 12.5. The topological polar surface area (TPSA) is 81.7 Å². The van der Waals surface area contributed by atoms with Crippen LogP contribution in [0, 0.1) is 0 Å². The lowest BCUT2D eigenvalue weighted by atomic mass is 10.1. The highest BCUT2D eigenvalue weighted by Gasteiger charge is 2.29. The molecule has 1 unspecified atom stereocenters. The van der Waals surface area contributed by atoms with Crippen molar-refractivity contribution >= 4 is 5.82 Å². The first-order valence-corrected chi connectivity index (χ1v) is 10.5. The van der Waals surface area contributed by atoms with E-state index in [9.17, 15) is 4.79 Å². The van der Waals surface area contributed by atoms with Crippen molar-refractivity contribution in [1.82, 2.24) is 29.3 Å². The monoisotopic (exact) mass is 391 g/mol. The Morgan fingerprint density at radius 1 is 1.07 bits per heavy atom. The van der Waals surface area contributed by atoms with Crippen molar-refractivity contribution in [3.8, 4) is 5.82 Å². The molecule has 0 amide bonds. The number of anilines is 1. The SMILES string of the molecule is O=c1ccc(-n2ccnc2)nn1CC1CCCN1c1ncnc2c1CCCCC2. The highest BCUT2D eigenvalue weighted by Crippen LogP contribution is 2.31. The number of hydrogen-bond donors (Lipinski definition) is 0. The second-order valence-electron chi connectivity index (χ2n) is 7.85. The van der Waals surface area contributed by atoms with Crippen LogP contribution in [0.5, 0.6) is 0 Å². The zero-order valence-corrected chi connectivity index (χ0v) is 16.4. The third kappa shape index (κ3) is 3.54. The Hall–Kier alpha value is -3.03. The highest BCUT2D eigenvalue weighted by molar-refractivity contribution is 5.51. The summed E-state index contributed by atoms with van der Waals surface area (Å²) in [4.78, 5) is 28.2. The highest BCUT2D eigenvalue weighted by atomic mass is 16.1. The Morgan fingerprint density at radius 2 is 2.00 bits per heavy atom. The van der Waals surface area contributed by atoms with Crippen molar-refractivity contribution in [1.29, 1.82) is 0 Å². The minimum atomic E-state index is -0.0813. The van der Waals surface area contributed by atoms with Gasteiger partial charge in [-0.25, -0.2) is 19.6 Å². The van der Waals surface area contributed by atoms with Crippen molar-refractivity contribution in [3.63, 3.8) is 0 Å². The molecule has 0 radical (unpaired) electrons. The van der Waals surface area contributed by atoms with E-state index in [-0.39, 0.29) is 11.6 Å². The summed E-state index contributed by atoms with van der Waals surface area (Å²) in [5.41, 5.74) is 2.43. The van der Waals surface area contributed by atoms with Gasteiger partial charge >= 0.3 is 0 Å². The van der Waals surface area contributed by atoms with Crippen molar-refractivity contribution in [2.75, 3.05) is 11.4 Å². The first-order valence-electron chi connectivity index (χ1n) is 10.5. The average molecular weight is 391 g/mol. The van der Waals surface area contributed by atoms with Crippen LogP contribution in [0.3, 0.4) is 0 Å². The van der Waals surface area contributed by atoms with E-state index >= 15 is 0 Å². The normalized spacial score (nSPS) is 19.2. The molecule has 5 rings (SSSR count). The Labute approximate surface area is 169 Å². The van der Waals surface area contributed by atoms with Crippen LogP contribution in [0.25, 0.3) is 5.82 Å². The maximum Gasteiger partial charge on any atom is 0.266 e. The van der Waals surface area contributed by atoms with Crippen molar-refractivity contribution in [3.05, 3.63) is 58.8 Å². The fraction of sp³-hybridized carbons (Fsp3) is 0.476. The number of aryl methyl sites for hydroxylation is 1. The van der Waals surface area contributed by atoms with Crippen molar-refractivity contribution in [2.45, 2.75) is 57.5 Å². The first kappa shape index (κ1) is 18.0. The van der Waals surface area contributed by atoms with Gasteiger partial charge in [-0.15, -0.1) is 0 Å². The van der Waals surface area contributed by atoms with Crippen LogP contribution in [0.4, 0.5) is 5.82 Å². The fourth-order valence-corrected chi connectivity index (χ4v) is 4.53. The molecular formula is C21H25N7O. The van der Waals surface area contributed by atoms with Gasteiger partial charge in [-0.05, 0) is 44.6 Å². The summed E-state index contributed by atoms with van der Waals surface area (Å²) < 4.78 is 3.39. The summed E-state index contributed by atoms with van der Waals surface area (Å²) in [6, 6.07) is 3.52. The molecule has 1 atom stereocenters. The number of aromatic nitrogens is 6. The van der Waals surface area contributed by atoms with E-state index in [2.05, 4.69) is 25.0 Å². The fourth-order valence-electron chi connectivity index (χ4n) is 4.53. The molecular weight excluding hydrogens is 366 g/mol. The summed E-state index contributed by atoms with van der Waals surface area (Å²) in [6.45, 7) is 1.52. The molecule has 3 aromatic rings. The Kier molecular flexibility index (Phi) is 4.83. The smallest absolute Gasteiger partial charge is 0.266 e. The molecule has 1 fully saturated rings. The number of nitrogens with zero attached hydrogens (tertiary/aromatic N) is 7. The molecule has 8 heteroatoms. The number of rotatable bonds is 4. The molecule has 0 bridgehead atoms. The molecule has 0 N–H and O–H groups in total. The van der Waals surface area contributed by atoms with Crippen molar-refractivity contribution in [2.24, 2.45) is 0 Å². The minimum absolute atomic E-state index is 0.0813. The molecule has 1 aliphatic heterocycles. The van der Waals surface area contributed by atoms with E-state index in [4.69, 9.17) is 0 Å². The van der Waals surface area contributed by atoms with Gasteiger partial charge in [-0.3, -0.25) is 9.36 Å². The van der Waals surface area contributed by atoms with E-state index in [0.717, 1.165) is 38.0 Å². The van der Waals surface area contributed by atoms with Crippen LogP contribution >= 0.6 is 0 Å². The first-order chi connectivity index (χ1) is 14.3. The molecule has 4 heterocycles. The standard InChI is InChI=1S/C21H25N7O/c29-20-9-8-19(26-12-10-22-15-26)25-28(20)13-16-5-4-11-27(16)21-17-6-2-1-3-7-18(17)23-14-24-21/h8-10,12,14-16H,1-7,11,13H2. The van der Waals surface area contributed by atoms with Crippen molar-refractivity contribution < 1.29 is 0 Å². The zero-order chi connectivity index (χ0) is 19.6. The Morgan fingerprint density at radius 3 is 2.90 bits per heavy atom. The molecule has 0 aromatic carbocycles. The molecule has 150 valence electrons. The van der Waals surface area contributed by atoms with Crippen LogP contribution in [0.2, 0.25) is 0 Å². The minimum Gasteiger partial charge on any atom is -0.351 e. The maximum atomic E-state index is 12.5. The summed E-state index contributed by atoms with van der Waals surface area (Å²) in [7, 11) is 0.